The second-order valence-electron chi connectivity index (χ2n) is 2.65. The maximum absolute atomic E-state index is 11.9. The molecule has 0 nitrogen and oxygen atoms in total. The number of halogens is 1. The molecule has 44 valence electrons. The third-order valence-corrected chi connectivity index (χ3v) is 2.54. The average molecular weight is 120 g/mol. The molecule has 0 aliphatic rings. The summed E-state index contributed by atoms with van der Waals surface area (Å²) in [7, 11) is -1.26. The van der Waals surface area contributed by atoms with Crippen LogP contribution in [0.3, 0.4) is 0 Å². The van der Waals surface area contributed by atoms with Gasteiger partial charge in [-0.1, -0.05) is 27.2 Å². The highest BCUT2D eigenvalue weighted by molar-refractivity contribution is 6.30. The van der Waals surface area contributed by atoms with Gasteiger partial charge in [-0.05, 0) is 5.04 Å². The molecule has 2 heteroatoms. The zero-order chi connectivity index (χ0) is 5.91. The van der Waals surface area contributed by atoms with E-state index in [2.05, 4.69) is 0 Å². The quantitative estimate of drug-likeness (QED) is 0.384. The Morgan fingerprint density at radius 3 is 2.00 bits per heavy atom. The first-order chi connectivity index (χ1) is 3.12. The largest absolute Gasteiger partial charge is 0.322 e. The van der Waals surface area contributed by atoms with Gasteiger partial charge in [0, 0.05) is 0 Å². The van der Waals surface area contributed by atoms with E-state index in [1.165, 1.54) is 0 Å². The van der Waals surface area contributed by atoms with Gasteiger partial charge in [0.05, 0.1) is 0 Å². The van der Waals surface area contributed by atoms with Crippen molar-refractivity contribution in [3.63, 3.8) is 0 Å². The molecule has 0 saturated carbocycles. The molecule has 0 heterocycles. The summed E-state index contributed by atoms with van der Waals surface area (Å²) in [5.74, 6) is 0. The number of rotatable bonds is 2. The Hall–Kier alpha value is 0.147. The average Bonchev–Trinajstić information content (AvgIpc) is 1.68. The van der Waals surface area contributed by atoms with Gasteiger partial charge < -0.3 is 4.11 Å². The molecule has 0 N–H and O–H groups in total. The molecule has 0 aliphatic heterocycles. The molecule has 0 saturated heterocycles. The molecule has 0 aromatic carbocycles. The van der Waals surface area contributed by atoms with Gasteiger partial charge in [0.15, 0.2) is 0 Å². The first-order valence-corrected chi connectivity index (χ1v) is 3.92. The van der Waals surface area contributed by atoms with Crippen LogP contribution in [0, 0.1) is 0 Å². The Kier molecular flexibility index (Phi) is 2.50. The van der Waals surface area contributed by atoms with E-state index in [4.69, 9.17) is 0 Å². The highest BCUT2D eigenvalue weighted by Crippen LogP contribution is 2.26. The van der Waals surface area contributed by atoms with Gasteiger partial charge in [0.25, 0.3) is 0 Å². The minimum absolute atomic E-state index is 0.0556. The minimum Gasteiger partial charge on any atom is -0.322 e. The monoisotopic (exact) mass is 120 g/mol. The minimum atomic E-state index is -1.26. The molecule has 0 amide bonds. The number of hydrogen-bond acceptors (Lipinski definition) is 0. The van der Waals surface area contributed by atoms with Crippen LogP contribution in [0.15, 0.2) is 0 Å². The standard InChI is InChI=1S/C5H13FSi/c1-4-5(2,3)7-6/h4,7H2,1-3H3. The van der Waals surface area contributed by atoms with E-state index in [-0.39, 0.29) is 5.04 Å². The summed E-state index contributed by atoms with van der Waals surface area (Å²) in [6.45, 7) is 6.00. The summed E-state index contributed by atoms with van der Waals surface area (Å²) in [5, 5.41) is 0.0556. The van der Waals surface area contributed by atoms with Crippen LogP contribution in [-0.4, -0.2) is 9.85 Å². The third-order valence-electron chi connectivity index (χ3n) is 1.32. The van der Waals surface area contributed by atoms with Crippen molar-refractivity contribution in [3.8, 4) is 0 Å². The highest BCUT2D eigenvalue weighted by Gasteiger charge is 2.14. The molecule has 0 rings (SSSR count). The van der Waals surface area contributed by atoms with E-state index in [0.29, 0.717) is 0 Å². The summed E-state index contributed by atoms with van der Waals surface area (Å²) in [6.07, 6.45) is 0.982. The molecule has 0 unspecified atom stereocenters. The molecular weight excluding hydrogens is 107 g/mol. The van der Waals surface area contributed by atoms with Gasteiger partial charge >= 0.3 is 0 Å². The maximum Gasteiger partial charge on any atom is 0.222 e. The van der Waals surface area contributed by atoms with E-state index in [1.807, 2.05) is 20.8 Å². The van der Waals surface area contributed by atoms with Crippen LogP contribution in [0.4, 0.5) is 4.11 Å². The van der Waals surface area contributed by atoms with Crippen molar-refractivity contribution in [1.29, 1.82) is 0 Å². The lowest BCUT2D eigenvalue weighted by molar-refractivity contribution is 0.602. The van der Waals surface area contributed by atoms with Gasteiger partial charge in [0.2, 0.25) is 9.85 Å². The molecule has 0 atom stereocenters. The van der Waals surface area contributed by atoms with Crippen LogP contribution < -0.4 is 0 Å². The summed E-state index contributed by atoms with van der Waals surface area (Å²) in [4.78, 5) is 0. The van der Waals surface area contributed by atoms with Crippen molar-refractivity contribution in [2.24, 2.45) is 0 Å². The molecule has 0 aromatic heterocycles. The van der Waals surface area contributed by atoms with Gasteiger partial charge in [-0.15, -0.1) is 0 Å². The van der Waals surface area contributed by atoms with Crippen LogP contribution in [0.1, 0.15) is 27.2 Å². The summed E-state index contributed by atoms with van der Waals surface area (Å²) in [6, 6.07) is 0. The van der Waals surface area contributed by atoms with Crippen molar-refractivity contribution in [2.75, 3.05) is 0 Å². The molecule has 0 aliphatic carbocycles. The second kappa shape index (κ2) is 2.45. The Morgan fingerprint density at radius 2 is 2.00 bits per heavy atom. The fourth-order valence-corrected chi connectivity index (χ4v) is 0.283. The topological polar surface area (TPSA) is 0 Å². The molecule has 0 fully saturated rings. The first-order valence-electron chi connectivity index (χ1n) is 2.68. The summed E-state index contributed by atoms with van der Waals surface area (Å²) in [5.41, 5.74) is 0. The van der Waals surface area contributed by atoms with E-state index in [9.17, 15) is 4.11 Å². The van der Waals surface area contributed by atoms with E-state index in [0.717, 1.165) is 6.42 Å². The second-order valence-corrected chi connectivity index (χ2v) is 4.83. The van der Waals surface area contributed by atoms with Crippen LogP contribution in [0.2, 0.25) is 5.04 Å². The van der Waals surface area contributed by atoms with Crippen LogP contribution in [0.25, 0.3) is 0 Å². The summed E-state index contributed by atoms with van der Waals surface area (Å²) < 4.78 is 11.9. The highest BCUT2D eigenvalue weighted by atomic mass is 28.3. The van der Waals surface area contributed by atoms with Crippen LogP contribution >= 0.6 is 0 Å². The van der Waals surface area contributed by atoms with Crippen LogP contribution in [0.5, 0.6) is 0 Å². The van der Waals surface area contributed by atoms with Crippen molar-refractivity contribution in [2.45, 2.75) is 32.2 Å². The number of hydrogen-bond donors (Lipinski definition) is 0. The van der Waals surface area contributed by atoms with Crippen molar-refractivity contribution >= 4 is 9.85 Å². The van der Waals surface area contributed by atoms with Crippen LogP contribution in [-0.2, 0) is 0 Å². The van der Waals surface area contributed by atoms with Gasteiger partial charge in [-0.25, -0.2) is 0 Å². The van der Waals surface area contributed by atoms with E-state index >= 15 is 0 Å². The molecule has 0 radical (unpaired) electrons. The molecule has 0 bridgehead atoms. The predicted molar refractivity (Wildman–Crippen MR) is 34.0 cm³/mol. The van der Waals surface area contributed by atoms with Crippen molar-refractivity contribution in [3.05, 3.63) is 0 Å². The smallest absolute Gasteiger partial charge is 0.222 e. The lowest BCUT2D eigenvalue weighted by atomic mass is 10.1. The zero-order valence-electron chi connectivity index (χ0n) is 5.29. The fourth-order valence-electron chi connectivity index (χ4n) is 0.0945. The van der Waals surface area contributed by atoms with Gasteiger partial charge in [0.1, 0.15) is 0 Å². The first kappa shape index (κ1) is 7.15. The molecular formula is C5H13FSi. The van der Waals surface area contributed by atoms with E-state index < -0.39 is 9.85 Å². The molecule has 0 spiro atoms. The zero-order valence-corrected chi connectivity index (χ0v) is 6.71. The predicted octanol–water partition coefficient (Wildman–Crippen LogP) is 1.65. The third kappa shape index (κ3) is 2.80. The SMILES string of the molecule is CCC(C)(C)[SiH2]F. The lowest BCUT2D eigenvalue weighted by Gasteiger charge is -2.14. The van der Waals surface area contributed by atoms with Gasteiger partial charge in [-0.2, -0.15) is 0 Å². The van der Waals surface area contributed by atoms with Crippen molar-refractivity contribution in [1.82, 2.24) is 0 Å². The molecule has 7 heavy (non-hydrogen) atoms. The fraction of sp³-hybridized carbons (Fsp3) is 1.00. The lowest BCUT2D eigenvalue weighted by Crippen LogP contribution is -2.05. The maximum atomic E-state index is 11.9. The Labute approximate surface area is 47.1 Å². The molecule has 0 aromatic rings. The van der Waals surface area contributed by atoms with Gasteiger partial charge in [-0.3, -0.25) is 0 Å². The normalized spacial score (nSPS) is 13.7. The summed E-state index contributed by atoms with van der Waals surface area (Å²) >= 11 is 0. The Balaban J connectivity index is 3.36. The van der Waals surface area contributed by atoms with Crippen molar-refractivity contribution < 1.29 is 4.11 Å². The Bertz CT molecular complexity index is 46.0. The Morgan fingerprint density at radius 1 is 1.57 bits per heavy atom. The van der Waals surface area contributed by atoms with E-state index in [1.54, 1.807) is 0 Å².